The number of benzene rings is 3. The summed E-state index contributed by atoms with van der Waals surface area (Å²) in [6.07, 6.45) is 6.25. The lowest BCUT2D eigenvalue weighted by atomic mass is 9.90. The van der Waals surface area contributed by atoms with Crippen LogP contribution in [0.3, 0.4) is 0 Å². The predicted octanol–water partition coefficient (Wildman–Crippen LogP) is 6.45. The molecule has 3 aromatic carbocycles. The highest BCUT2D eigenvalue weighted by Gasteiger charge is 2.34. The standard InChI is InChI=1S/C55H65N9O5S/c1-35-6-11-42(58-43-32-56-33-43)30-45(35)52(66)57-36(2)41-10-9-39(46(29-41)50-5-4-28-70-50)8-7-37-16-22-61(23-17-37)34-38-18-24-63(25-19-38)54(68)40-20-26-62(27-21-40)44-12-13-47-49(31-44)60(3)55(69)64(47)48-14-15-51(65)59-53(48)67/h4-6,9-13,28-31,36-38,40,43,48,56,58H,14-27,32-34H2,1-3H3,(H,57,66)(H,59,65,67)/t36-,48?/m1/s1. The number of carbonyl (C=O) groups excluding carboxylic acids is 4. The third kappa shape index (κ3) is 10.2. The molecule has 2 atom stereocenters. The van der Waals surface area contributed by atoms with Crippen molar-refractivity contribution in [1.29, 1.82) is 0 Å². The zero-order valence-corrected chi connectivity index (χ0v) is 41.4. The van der Waals surface area contributed by atoms with E-state index in [9.17, 15) is 24.0 Å². The van der Waals surface area contributed by atoms with Crippen molar-refractivity contribution in [3.8, 4) is 22.3 Å². The minimum Gasteiger partial charge on any atom is -0.380 e. The molecule has 4 N–H and O–H groups in total. The van der Waals surface area contributed by atoms with Crippen LogP contribution in [-0.2, 0) is 21.4 Å². The Morgan fingerprint density at radius 2 is 1.64 bits per heavy atom. The second kappa shape index (κ2) is 20.6. The first-order valence-electron chi connectivity index (χ1n) is 25.3. The number of fused-ring (bicyclic) bond motifs is 1. The Hall–Kier alpha value is -6.21. The molecule has 5 aliphatic heterocycles. The van der Waals surface area contributed by atoms with E-state index in [1.54, 1.807) is 23.0 Å². The molecular formula is C55H65N9O5S. The highest BCUT2D eigenvalue weighted by atomic mass is 32.1. The number of amides is 4. The number of nitrogens with zero attached hydrogens (tertiary/aromatic N) is 5. The van der Waals surface area contributed by atoms with Crippen LogP contribution in [0.2, 0.25) is 0 Å². The van der Waals surface area contributed by atoms with E-state index >= 15 is 0 Å². The summed E-state index contributed by atoms with van der Waals surface area (Å²) in [6, 6.07) is 22.1. The van der Waals surface area contributed by atoms with Gasteiger partial charge in [-0.2, -0.15) is 0 Å². The van der Waals surface area contributed by atoms with Crippen LogP contribution in [0, 0.1) is 36.5 Å². The van der Waals surface area contributed by atoms with Gasteiger partial charge in [0.05, 0.1) is 23.1 Å². The van der Waals surface area contributed by atoms with Gasteiger partial charge in [-0.25, -0.2) is 4.79 Å². The van der Waals surface area contributed by atoms with Gasteiger partial charge in [-0.15, -0.1) is 11.3 Å². The first kappa shape index (κ1) is 47.5. The number of imidazole rings is 1. The number of thiophene rings is 1. The smallest absolute Gasteiger partial charge is 0.329 e. The fourth-order valence-electron chi connectivity index (χ4n) is 11.1. The maximum atomic E-state index is 13.8. The fraction of sp³-hybridized carbons (Fsp3) is 0.473. The van der Waals surface area contributed by atoms with Gasteiger partial charge in [-0.05, 0) is 143 Å². The summed E-state index contributed by atoms with van der Waals surface area (Å²) in [5, 5.41) is 14.5. The van der Waals surface area contributed by atoms with E-state index in [2.05, 4.69) is 83.5 Å². The van der Waals surface area contributed by atoms with Gasteiger partial charge in [-0.3, -0.25) is 33.6 Å². The summed E-state index contributed by atoms with van der Waals surface area (Å²) >= 11 is 1.71. The number of nitrogens with one attached hydrogen (secondary N) is 4. The Bertz CT molecular complexity index is 2890. The van der Waals surface area contributed by atoms with Gasteiger partial charge in [0.1, 0.15) is 6.04 Å². The molecule has 70 heavy (non-hydrogen) atoms. The molecule has 5 fully saturated rings. The highest BCUT2D eigenvalue weighted by Crippen LogP contribution is 2.33. The Kier molecular flexibility index (Phi) is 14.0. The molecule has 0 bridgehead atoms. The van der Waals surface area contributed by atoms with Crippen LogP contribution >= 0.6 is 11.3 Å². The number of hydrogen-bond donors (Lipinski definition) is 4. The van der Waals surface area contributed by atoms with Crippen LogP contribution in [-0.4, -0.2) is 108 Å². The van der Waals surface area contributed by atoms with Crippen molar-refractivity contribution in [3.05, 3.63) is 105 Å². The zero-order chi connectivity index (χ0) is 48.5. The molecule has 15 heteroatoms. The normalized spacial score (nSPS) is 20.4. The van der Waals surface area contributed by atoms with Crippen LogP contribution in [0.15, 0.2) is 76.9 Å². The molecular weight excluding hydrogens is 899 g/mol. The highest BCUT2D eigenvalue weighted by molar-refractivity contribution is 7.13. The summed E-state index contributed by atoms with van der Waals surface area (Å²) in [7, 11) is 1.72. The molecule has 10 rings (SSSR count). The third-order valence-electron chi connectivity index (χ3n) is 15.6. The van der Waals surface area contributed by atoms with Gasteiger partial charge in [0, 0.05) is 104 Å². The number of carbonyl (C=O) groups is 4. The quantitative estimate of drug-likeness (QED) is 0.0865. The molecule has 0 saturated carbocycles. The van der Waals surface area contributed by atoms with Gasteiger partial charge in [0.15, 0.2) is 0 Å². The minimum atomic E-state index is -0.713. The van der Waals surface area contributed by atoms with Gasteiger partial charge < -0.3 is 30.7 Å². The Balaban J connectivity index is 0.680. The Morgan fingerprint density at radius 1 is 0.857 bits per heavy atom. The molecule has 5 aliphatic rings. The van der Waals surface area contributed by atoms with E-state index in [1.165, 1.54) is 9.44 Å². The van der Waals surface area contributed by atoms with Crippen LogP contribution < -0.4 is 31.9 Å². The number of imide groups is 1. The van der Waals surface area contributed by atoms with Crippen molar-refractivity contribution in [3.63, 3.8) is 0 Å². The van der Waals surface area contributed by atoms with Crippen LogP contribution in [0.5, 0.6) is 0 Å². The molecule has 4 amide bonds. The lowest BCUT2D eigenvalue weighted by molar-refractivity contribution is -0.138. The average molecular weight is 964 g/mol. The largest absolute Gasteiger partial charge is 0.380 e. The van der Waals surface area contributed by atoms with E-state index in [-0.39, 0.29) is 41.8 Å². The van der Waals surface area contributed by atoms with Crippen LogP contribution in [0.4, 0.5) is 11.4 Å². The van der Waals surface area contributed by atoms with Gasteiger partial charge >= 0.3 is 5.69 Å². The van der Waals surface area contributed by atoms with Crippen LogP contribution in [0.1, 0.15) is 97.4 Å². The number of aryl methyl sites for hydroxylation is 2. The molecule has 2 aromatic heterocycles. The van der Waals surface area contributed by atoms with Crippen molar-refractivity contribution >= 4 is 57.4 Å². The molecule has 5 aromatic rings. The Morgan fingerprint density at radius 3 is 2.36 bits per heavy atom. The molecule has 0 spiro atoms. The average Bonchev–Trinajstić information content (AvgIpc) is 3.99. The third-order valence-corrected chi connectivity index (χ3v) is 16.5. The van der Waals surface area contributed by atoms with Gasteiger partial charge in [0.25, 0.3) is 5.91 Å². The Labute approximate surface area is 414 Å². The molecule has 1 unspecified atom stereocenters. The lowest BCUT2D eigenvalue weighted by Crippen LogP contribution is -2.51. The number of rotatable bonds is 11. The SMILES string of the molecule is Cc1ccc(NC2CNC2)cc1C(=O)N[C@H](C)c1ccc(C#CC2CCN(CC3CCN(C(=O)C4CCN(c5ccc6c(c5)n(C)c(=O)n6C5CCC(=O)NC5=O)CC4)CC3)CC2)c(-c2cccs2)c1. The van der Waals surface area contributed by atoms with E-state index in [1.807, 2.05) is 50.2 Å². The van der Waals surface area contributed by atoms with E-state index in [0.29, 0.717) is 35.4 Å². The molecule has 0 radical (unpaired) electrons. The fourth-order valence-corrected chi connectivity index (χ4v) is 11.8. The van der Waals surface area contributed by atoms with E-state index < -0.39 is 11.9 Å². The second-order valence-electron chi connectivity index (χ2n) is 20.2. The monoisotopic (exact) mass is 963 g/mol. The summed E-state index contributed by atoms with van der Waals surface area (Å²) in [5.74, 6) is 7.65. The maximum absolute atomic E-state index is 13.8. The first-order valence-corrected chi connectivity index (χ1v) is 26.2. The van der Waals surface area contributed by atoms with Gasteiger partial charge in [-0.1, -0.05) is 30.0 Å². The predicted molar refractivity (Wildman–Crippen MR) is 276 cm³/mol. The summed E-state index contributed by atoms with van der Waals surface area (Å²) in [6.45, 7) is 12.2. The van der Waals surface area contributed by atoms with E-state index in [4.69, 9.17) is 0 Å². The number of hydrogen-bond acceptors (Lipinski definition) is 10. The minimum absolute atomic E-state index is 0.0146. The van der Waals surface area contributed by atoms with Crippen molar-refractivity contribution in [2.75, 3.05) is 69.1 Å². The van der Waals surface area contributed by atoms with Crippen molar-refractivity contribution < 1.29 is 19.2 Å². The van der Waals surface area contributed by atoms with Crippen LogP contribution in [0.25, 0.3) is 21.5 Å². The van der Waals surface area contributed by atoms with E-state index in [0.717, 1.165) is 137 Å². The molecule has 0 aliphatic carbocycles. The zero-order valence-electron chi connectivity index (χ0n) is 40.6. The number of piperidine rings is 4. The molecule has 366 valence electrons. The summed E-state index contributed by atoms with van der Waals surface area (Å²) in [4.78, 5) is 73.2. The van der Waals surface area contributed by atoms with Crippen molar-refractivity contribution in [1.82, 2.24) is 34.9 Å². The van der Waals surface area contributed by atoms with Crippen molar-refractivity contribution in [2.24, 2.45) is 24.8 Å². The summed E-state index contributed by atoms with van der Waals surface area (Å²) in [5.41, 5.74) is 7.92. The maximum Gasteiger partial charge on any atom is 0.329 e. The first-order chi connectivity index (χ1) is 33.9. The topological polar surface area (TPSA) is 153 Å². The lowest BCUT2D eigenvalue weighted by Gasteiger charge is -2.39. The molecule has 14 nitrogen and oxygen atoms in total. The molecule has 7 heterocycles. The number of aromatic nitrogens is 2. The molecule has 5 saturated heterocycles. The summed E-state index contributed by atoms with van der Waals surface area (Å²) < 4.78 is 3.09. The number of likely N-dealkylation sites (tertiary alicyclic amines) is 2. The second-order valence-corrected chi connectivity index (χ2v) is 21.2. The number of anilines is 2. The van der Waals surface area contributed by atoms with Crippen molar-refractivity contribution in [2.45, 2.75) is 83.3 Å². The van der Waals surface area contributed by atoms with Gasteiger partial charge in [0.2, 0.25) is 17.7 Å².